The maximum Gasteiger partial charge on any atom is 0.408 e. The van der Waals surface area contributed by atoms with Gasteiger partial charge in [-0.3, -0.25) is 9.59 Å². The van der Waals surface area contributed by atoms with Gasteiger partial charge in [-0.25, -0.2) is 4.79 Å². The largest absolute Gasteiger partial charge is 0.444 e. The predicted molar refractivity (Wildman–Crippen MR) is 86.3 cm³/mol. The van der Waals surface area contributed by atoms with E-state index in [2.05, 4.69) is 10.6 Å². The fourth-order valence-electron chi connectivity index (χ4n) is 2.26. The number of hydrogen-bond acceptors (Lipinski definition) is 4. The van der Waals surface area contributed by atoms with Crippen molar-refractivity contribution in [1.29, 1.82) is 0 Å². The summed E-state index contributed by atoms with van der Waals surface area (Å²) in [4.78, 5) is 37.6. The number of nitrogens with zero attached hydrogens (tertiary/aromatic N) is 1. The van der Waals surface area contributed by atoms with Crippen molar-refractivity contribution in [2.24, 2.45) is 0 Å². The molecule has 0 unspecified atom stereocenters. The highest BCUT2D eigenvalue weighted by molar-refractivity contribution is 6.06. The highest BCUT2D eigenvalue weighted by Crippen LogP contribution is 2.28. The zero-order chi connectivity index (χ0) is 17.2. The molecule has 1 atom stereocenters. The first-order chi connectivity index (χ1) is 10.7. The summed E-state index contributed by atoms with van der Waals surface area (Å²) in [5, 5.41) is 5.24. The Bertz CT molecular complexity index is 636. The Hall–Kier alpha value is -2.57. The normalized spacial score (nSPS) is 17.7. The van der Waals surface area contributed by atoms with Gasteiger partial charge >= 0.3 is 6.09 Å². The van der Waals surface area contributed by atoms with Crippen molar-refractivity contribution in [3.8, 4) is 0 Å². The third-order valence-corrected chi connectivity index (χ3v) is 3.21. The number of para-hydroxylation sites is 2. The summed E-state index contributed by atoms with van der Waals surface area (Å²) in [7, 11) is 0. The number of carbonyl (C=O) groups excluding carboxylic acids is 3. The van der Waals surface area contributed by atoms with E-state index in [4.69, 9.17) is 4.74 Å². The molecule has 0 radical (unpaired) electrons. The SMILES string of the molecule is CC(=O)N1C[C@H](NC(=O)OC(C)(C)C)C(=O)Nc2ccccc21. The van der Waals surface area contributed by atoms with Crippen LogP contribution < -0.4 is 15.5 Å². The third-order valence-electron chi connectivity index (χ3n) is 3.21. The van der Waals surface area contributed by atoms with Gasteiger partial charge < -0.3 is 20.3 Å². The average molecular weight is 319 g/mol. The third kappa shape index (κ3) is 4.21. The molecule has 0 aliphatic carbocycles. The molecule has 1 heterocycles. The van der Waals surface area contributed by atoms with Gasteiger partial charge in [-0.15, -0.1) is 0 Å². The molecule has 0 saturated heterocycles. The standard InChI is InChI=1S/C16H21N3O4/c1-10(20)19-9-12(18-15(22)23-16(2,3)4)14(21)17-11-7-5-6-8-13(11)19/h5-8,12H,9H2,1-4H3,(H,17,21)(H,18,22)/t12-/m0/s1. The van der Waals surface area contributed by atoms with Crippen LogP contribution in [0.1, 0.15) is 27.7 Å². The number of benzene rings is 1. The number of fused-ring (bicyclic) bond motifs is 1. The molecule has 1 aliphatic heterocycles. The van der Waals surface area contributed by atoms with Crippen LogP contribution >= 0.6 is 0 Å². The Morgan fingerprint density at radius 1 is 1.30 bits per heavy atom. The molecule has 3 amide bonds. The molecule has 7 heteroatoms. The van der Waals surface area contributed by atoms with E-state index in [0.717, 1.165) is 0 Å². The lowest BCUT2D eigenvalue weighted by Gasteiger charge is -2.25. The van der Waals surface area contributed by atoms with E-state index in [9.17, 15) is 14.4 Å². The van der Waals surface area contributed by atoms with Crippen LogP contribution in [0.3, 0.4) is 0 Å². The van der Waals surface area contributed by atoms with Gasteiger partial charge in [-0.2, -0.15) is 0 Å². The highest BCUT2D eigenvalue weighted by atomic mass is 16.6. The summed E-state index contributed by atoms with van der Waals surface area (Å²) in [6.07, 6.45) is -0.702. The second-order valence-corrected chi connectivity index (χ2v) is 6.33. The number of hydrogen-bond donors (Lipinski definition) is 2. The van der Waals surface area contributed by atoms with Crippen molar-refractivity contribution in [2.45, 2.75) is 39.3 Å². The Morgan fingerprint density at radius 3 is 2.57 bits per heavy atom. The Morgan fingerprint density at radius 2 is 1.96 bits per heavy atom. The zero-order valence-corrected chi connectivity index (χ0v) is 13.7. The van der Waals surface area contributed by atoms with Crippen LogP contribution in [0.25, 0.3) is 0 Å². The second kappa shape index (κ2) is 6.28. The predicted octanol–water partition coefficient (Wildman–Crippen LogP) is 1.88. The van der Waals surface area contributed by atoms with Gasteiger partial charge in [-0.1, -0.05) is 12.1 Å². The van der Waals surface area contributed by atoms with Gasteiger partial charge in [0, 0.05) is 6.92 Å². The van der Waals surface area contributed by atoms with Crippen LogP contribution in [0.15, 0.2) is 24.3 Å². The quantitative estimate of drug-likeness (QED) is 0.827. The summed E-state index contributed by atoms with van der Waals surface area (Å²) in [5.74, 6) is -0.614. The highest BCUT2D eigenvalue weighted by Gasteiger charge is 2.32. The number of amides is 3. The van der Waals surface area contributed by atoms with Crippen molar-refractivity contribution >= 4 is 29.3 Å². The van der Waals surface area contributed by atoms with Crippen LogP contribution in [0.4, 0.5) is 16.2 Å². The number of alkyl carbamates (subject to hydrolysis) is 1. The first-order valence-corrected chi connectivity index (χ1v) is 7.35. The lowest BCUT2D eigenvalue weighted by molar-refractivity contribution is -0.118. The van der Waals surface area contributed by atoms with Crippen LogP contribution in [0, 0.1) is 0 Å². The topological polar surface area (TPSA) is 87.7 Å². The van der Waals surface area contributed by atoms with E-state index in [1.807, 2.05) is 0 Å². The smallest absolute Gasteiger partial charge is 0.408 e. The first-order valence-electron chi connectivity index (χ1n) is 7.35. The number of nitrogens with one attached hydrogen (secondary N) is 2. The monoisotopic (exact) mass is 319 g/mol. The molecule has 2 N–H and O–H groups in total. The minimum Gasteiger partial charge on any atom is -0.444 e. The van der Waals surface area contributed by atoms with Crippen LogP contribution in [-0.2, 0) is 14.3 Å². The summed E-state index contributed by atoms with van der Waals surface area (Å²) in [6.45, 7) is 6.65. The molecular weight excluding hydrogens is 298 g/mol. The Labute approximate surface area is 135 Å². The molecule has 2 rings (SSSR count). The van der Waals surface area contributed by atoms with Gasteiger partial charge in [-0.05, 0) is 32.9 Å². The van der Waals surface area contributed by atoms with E-state index >= 15 is 0 Å². The number of carbonyl (C=O) groups is 3. The van der Waals surface area contributed by atoms with Gasteiger partial charge in [0.2, 0.25) is 11.8 Å². The first kappa shape index (κ1) is 16.8. The molecule has 7 nitrogen and oxygen atoms in total. The van der Waals surface area contributed by atoms with E-state index in [1.54, 1.807) is 45.0 Å². The lowest BCUT2D eigenvalue weighted by Crippen LogP contribution is -2.51. The van der Waals surface area contributed by atoms with Crippen molar-refractivity contribution < 1.29 is 19.1 Å². The van der Waals surface area contributed by atoms with E-state index in [-0.39, 0.29) is 12.5 Å². The molecule has 1 aromatic carbocycles. The molecule has 0 saturated carbocycles. The molecule has 1 aliphatic rings. The Kier molecular flexibility index (Phi) is 4.58. The van der Waals surface area contributed by atoms with Crippen LogP contribution in [0.5, 0.6) is 0 Å². The van der Waals surface area contributed by atoms with Gasteiger partial charge in [0.1, 0.15) is 11.6 Å². The van der Waals surface area contributed by atoms with Gasteiger partial charge in [0.25, 0.3) is 0 Å². The number of ether oxygens (including phenoxy) is 1. The fraction of sp³-hybridized carbons (Fsp3) is 0.438. The van der Waals surface area contributed by atoms with Gasteiger partial charge in [0.15, 0.2) is 0 Å². The molecular formula is C16H21N3O4. The van der Waals surface area contributed by atoms with Crippen molar-refractivity contribution in [1.82, 2.24) is 5.32 Å². The molecule has 0 bridgehead atoms. The summed E-state index contributed by atoms with van der Waals surface area (Å²) in [5.41, 5.74) is 0.456. The molecule has 124 valence electrons. The second-order valence-electron chi connectivity index (χ2n) is 6.33. The number of rotatable bonds is 1. The number of anilines is 2. The zero-order valence-electron chi connectivity index (χ0n) is 13.7. The molecule has 23 heavy (non-hydrogen) atoms. The molecule has 0 fully saturated rings. The minimum absolute atomic E-state index is 0.0391. The van der Waals surface area contributed by atoms with E-state index < -0.39 is 23.6 Å². The summed E-state index contributed by atoms with van der Waals surface area (Å²) in [6, 6.07) is 6.09. The van der Waals surface area contributed by atoms with E-state index in [1.165, 1.54) is 11.8 Å². The van der Waals surface area contributed by atoms with Crippen molar-refractivity contribution in [2.75, 3.05) is 16.8 Å². The average Bonchev–Trinajstić information content (AvgIpc) is 2.54. The summed E-state index contributed by atoms with van der Waals surface area (Å²) < 4.78 is 5.17. The minimum atomic E-state index is -0.902. The Balaban J connectivity index is 2.22. The molecule has 0 spiro atoms. The van der Waals surface area contributed by atoms with E-state index in [0.29, 0.717) is 11.4 Å². The maximum absolute atomic E-state index is 12.3. The van der Waals surface area contributed by atoms with Gasteiger partial charge in [0.05, 0.1) is 17.9 Å². The van der Waals surface area contributed by atoms with Crippen LogP contribution in [-0.4, -0.2) is 36.1 Å². The molecule has 1 aromatic rings. The fourth-order valence-corrected chi connectivity index (χ4v) is 2.26. The summed E-state index contributed by atoms with van der Waals surface area (Å²) >= 11 is 0. The van der Waals surface area contributed by atoms with Crippen molar-refractivity contribution in [3.63, 3.8) is 0 Å². The molecule has 0 aromatic heterocycles. The van der Waals surface area contributed by atoms with Crippen LogP contribution in [0.2, 0.25) is 0 Å². The lowest BCUT2D eigenvalue weighted by atomic mass is 10.2. The van der Waals surface area contributed by atoms with Crippen molar-refractivity contribution in [3.05, 3.63) is 24.3 Å². The maximum atomic E-state index is 12.3.